The summed E-state index contributed by atoms with van der Waals surface area (Å²) in [4.78, 5) is 10.9. The Morgan fingerprint density at radius 2 is 2.29 bits per heavy atom. The second-order valence-electron chi connectivity index (χ2n) is 4.48. The van der Waals surface area contributed by atoms with Crippen LogP contribution in [0.5, 0.6) is 0 Å². The van der Waals surface area contributed by atoms with Gasteiger partial charge in [0.2, 0.25) is 5.91 Å². The van der Waals surface area contributed by atoms with Crippen molar-refractivity contribution >= 4 is 5.91 Å². The van der Waals surface area contributed by atoms with Gasteiger partial charge in [0.1, 0.15) is 0 Å². The van der Waals surface area contributed by atoms with Gasteiger partial charge in [0.25, 0.3) is 0 Å². The fourth-order valence-corrected chi connectivity index (χ4v) is 2.34. The smallest absolute Gasteiger partial charge is 0.220 e. The molecule has 4 nitrogen and oxygen atoms in total. The van der Waals surface area contributed by atoms with E-state index in [0.29, 0.717) is 24.5 Å². The third kappa shape index (κ3) is 2.45. The van der Waals surface area contributed by atoms with Gasteiger partial charge in [0.05, 0.1) is 0 Å². The van der Waals surface area contributed by atoms with Crippen molar-refractivity contribution in [3.8, 4) is 0 Å². The summed E-state index contributed by atoms with van der Waals surface area (Å²) in [6.07, 6.45) is 5.07. The Hall–Kier alpha value is -0.610. The van der Waals surface area contributed by atoms with E-state index in [1.807, 2.05) is 0 Å². The lowest BCUT2D eigenvalue weighted by Gasteiger charge is -2.16. The molecule has 2 rings (SSSR count). The van der Waals surface area contributed by atoms with E-state index >= 15 is 0 Å². The monoisotopic (exact) mass is 197 g/mol. The van der Waals surface area contributed by atoms with E-state index in [9.17, 15) is 4.79 Å². The van der Waals surface area contributed by atoms with Crippen LogP contribution in [0.25, 0.3) is 0 Å². The average Bonchev–Trinajstić information content (AvgIpc) is 2.72. The largest absolute Gasteiger partial charge is 0.352 e. The molecule has 80 valence electrons. The van der Waals surface area contributed by atoms with Gasteiger partial charge in [-0.2, -0.15) is 0 Å². The zero-order valence-corrected chi connectivity index (χ0v) is 8.46. The first-order valence-electron chi connectivity index (χ1n) is 5.52. The Morgan fingerprint density at radius 1 is 1.43 bits per heavy atom. The van der Waals surface area contributed by atoms with Gasteiger partial charge in [-0.15, -0.1) is 0 Å². The lowest BCUT2D eigenvalue weighted by atomic mass is 10.2. The molecule has 4 N–H and O–H groups in total. The van der Waals surface area contributed by atoms with Crippen molar-refractivity contribution in [2.24, 2.45) is 5.73 Å². The first-order chi connectivity index (χ1) is 6.74. The van der Waals surface area contributed by atoms with Crippen LogP contribution in [0.15, 0.2) is 0 Å². The van der Waals surface area contributed by atoms with E-state index in [4.69, 9.17) is 5.73 Å². The second-order valence-corrected chi connectivity index (χ2v) is 4.48. The SMILES string of the molecule is NC1CCC(NCC2CCC(=O)N2)C1. The summed E-state index contributed by atoms with van der Waals surface area (Å²) in [6, 6.07) is 1.30. The van der Waals surface area contributed by atoms with Crippen molar-refractivity contribution in [3.05, 3.63) is 0 Å². The Kier molecular flexibility index (Phi) is 3.03. The predicted molar refractivity (Wildman–Crippen MR) is 54.8 cm³/mol. The third-order valence-electron chi connectivity index (χ3n) is 3.21. The van der Waals surface area contributed by atoms with Gasteiger partial charge in [-0.1, -0.05) is 0 Å². The van der Waals surface area contributed by atoms with Gasteiger partial charge < -0.3 is 16.4 Å². The molecule has 0 aromatic heterocycles. The number of nitrogens with one attached hydrogen (secondary N) is 2. The second kappa shape index (κ2) is 4.28. The maximum Gasteiger partial charge on any atom is 0.220 e. The molecule has 14 heavy (non-hydrogen) atoms. The summed E-state index contributed by atoms with van der Waals surface area (Å²) in [5, 5.41) is 6.44. The van der Waals surface area contributed by atoms with Crippen LogP contribution in [0, 0.1) is 0 Å². The number of amides is 1. The summed E-state index contributed by atoms with van der Waals surface area (Å²) < 4.78 is 0. The molecule has 0 aromatic carbocycles. The Labute approximate surface area is 84.6 Å². The molecule has 4 heteroatoms. The van der Waals surface area contributed by atoms with Gasteiger partial charge in [0.15, 0.2) is 0 Å². The van der Waals surface area contributed by atoms with E-state index < -0.39 is 0 Å². The molecule has 3 atom stereocenters. The van der Waals surface area contributed by atoms with Crippen LogP contribution in [-0.4, -0.2) is 30.6 Å². The lowest BCUT2D eigenvalue weighted by Crippen LogP contribution is -2.40. The first-order valence-corrected chi connectivity index (χ1v) is 5.52. The van der Waals surface area contributed by atoms with E-state index in [-0.39, 0.29) is 5.91 Å². The minimum atomic E-state index is 0.194. The number of rotatable bonds is 3. The fourth-order valence-electron chi connectivity index (χ4n) is 2.34. The molecule has 3 unspecified atom stereocenters. The zero-order valence-electron chi connectivity index (χ0n) is 8.46. The van der Waals surface area contributed by atoms with Crippen LogP contribution in [0.1, 0.15) is 32.1 Å². The van der Waals surface area contributed by atoms with E-state index in [1.54, 1.807) is 0 Å². The van der Waals surface area contributed by atoms with Gasteiger partial charge in [-0.05, 0) is 25.7 Å². The molecule has 0 bridgehead atoms. The number of hydrogen-bond acceptors (Lipinski definition) is 3. The highest BCUT2D eigenvalue weighted by Crippen LogP contribution is 2.17. The van der Waals surface area contributed by atoms with E-state index in [0.717, 1.165) is 25.8 Å². The lowest BCUT2D eigenvalue weighted by molar-refractivity contribution is -0.119. The first kappa shape index (κ1) is 9.93. The van der Waals surface area contributed by atoms with Crippen molar-refractivity contribution in [1.82, 2.24) is 10.6 Å². The molecule has 1 amide bonds. The summed E-state index contributed by atoms with van der Waals surface area (Å²) in [5.41, 5.74) is 5.82. The molecule has 1 aliphatic carbocycles. The van der Waals surface area contributed by atoms with Gasteiger partial charge >= 0.3 is 0 Å². The molecule has 2 aliphatic rings. The highest BCUT2D eigenvalue weighted by atomic mass is 16.1. The predicted octanol–water partition coefficient (Wildman–Crippen LogP) is -0.266. The molecule has 0 aromatic rings. The molecular formula is C10H19N3O. The number of hydrogen-bond donors (Lipinski definition) is 3. The summed E-state index contributed by atoms with van der Waals surface area (Å²) in [7, 11) is 0. The van der Waals surface area contributed by atoms with Crippen LogP contribution in [0.3, 0.4) is 0 Å². The fraction of sp³-hybridized carbons (Fsp3) is 0.900. The maximum absolute atomic E-state index is 10.9. The van der Waals surface area contributed by atoms with Crippen LogP contribution in [0.2, 0.25) is 0 Å². The Morgan fingerprint density at radius 3 is 2.86 bits per heavy atom. The van der Waals surface area contributed by atoms with E-state index in [1.165, 1.54) is 6.42 Å². The van der Waals surface area contributed by atoms with E-state index in [2.05, 4.69) is 10.6 Å². The molecular weight excluding hydrogens is 178 g/mol. The maximum atomic E-state index is 10.9. The van der Waals surface area contributed by atoms with Gasteiger partial charge in [-0.25, -0.2) is 0 Å². The molecule has 0 radical (unpaired) electrons. The quantitative estimate of drug-likeness (QED) is 0.583. The molecule has 1 saturated heterocycles. The average molecular weight is 197 g/mol. The molecule has 1 saturated carbocycles. The Bertz CT molecular complexity index is 219. The van der Waals surface area contributed by atoms with Crippen molar-refractivity contribution in [2.45, 2.75) is 50.2 Å². The van der Waals surface area contributed by atoms with Gasteiger partial charge in [-0.3, -0.25) is 4.79 Å². The zero-order chi connectivity index (χ0) is 9.97. The number of nitrogens with two attached hydrogens (primary N) is 1. The van der Waals surface area contributed by atoms with Crippen molar-refractivity contribution in [1.29, 1.82) is 0 Å². The summed E-state index contributed by atoms with van der Waals surface area (Å²) >= 11 is 0. The summed E-state index contributed by atoms with van der Waals surface area (Å²) in [5.74, 6) is 0.194. The molecule has 1 aliphatic heterocycles. The van der Waals surface area contributed by atoms with Crippen molar-refractivity contribution in [2.75, 3.05) is 6.54 Å². The normalized spacial score (nSPS) is 37.5. The highest BCUT2D eigenvalue weighted by molar-refractivity contribution is 5.78. The van der Waals surface area contributed by atoms with Crippen LogP contribution >= 0.6 is 0 Å². The topological polar surface area (TPSA) is 67.1 Å². The molecule has 1 heterocycles. The minimum absolute atomic E-state index is 0.194. The number of carbonyl (C=O) groups is 1. The van der Waals surface area contributed by atoms with Crippen molar-refractivity contribution < 1.29 is 4.79 Å². The third-order valence-corrected chi connectivity index (χ3v) is 3.21. The standard InChI is InChI=1S/C10H19N3O/c11-7-1-2-8(5-7)12-6-9-3-4-10(14)13-9/h7-9,12H,1-6,11H2,(H,13,14). The Balaban J connectivity index is 1.65. The van der Waals surface area contributed by atoms with Crippen LogP contribution in [0.4, 0.5) is 0 Å². The van der Waals surface area contributed by atoms with Crippen molar-refractivity contribution in [3.63, 3.8) is 0 Å². The molecule has 0 spiro atoms. The van der Waals surface area contributed by atoms with Gasteiger partial charge in [0, 0.05) is 31.1 Å². The molecule has 2 fully saturated rings. The van der Waals surface area contributed by atoms with Crippen LogP contribution < -0.4 is 16.4 Å². The van der Waals surface area contributed by atoms with Crippen LogP contribution in [-0.2, 0) is 4.79 Å². The minimum Gasteiger partial charge on any atom is -0.352 e. The number of carbonyl (C=O) groups excluding carboxylic acids is 1. The summed E-state index contributed by atoms with van der Waals surface area (Å²) in [6.45, 7) is 0.906. The highest BCUT2D eigenvalue weighted by Gasteiger charge is 2.24.